The molecule has 0 bridgehead atoms. The van der Waals surface area contributed by atoms with Gasteiger partial charge in [0.25, 0.3) is 0 Å². The van der Waals surface area contributed by atoms with Gasteiger partial charge in [-0.15, -0.1) is 10.2 Å². The summed E-state index contributed by atoms with van der Waals surface area (Å²) in [7, 11) is 1.72. The third-order valence-electron chi connectivity index (χ3n) is 3.78. The number of benzene rings is 1. The first-order chi connectivity index (χ1) is 12.8. The monoisotopic (exact) mass is 425 g/mol. The first kappa shape index (κ1) is 19.6. The standard InChI is InChI=1S/C17H17Cl2N5O2S/c1-10-3-5-12(26-10)8-23(2)15(25)9-27-17-22-21-16(24(17)20)13-6-4-11(18)7-14(13)19/h3-7H,8-9,20H2,1-2H3. The molecule has 27 heavy (non-hydrogen) atoms. The van der Waals surface area contributed by atoms with E-state index in [0.717, 1.165) is 11.5 Å². The van der Waals surface area contributed by atoms with Crippen molar-refractivity contribution in [3.05, 3.63) is 51.9 Å². The molecule has 3 aromatic rings. The number of aryl methyl sites for hydroxylation is 1. The van der Waals surface area contributed by atoms with E-state index in [2.05, 4.69) is 10.2 Å². The summed E-state index contributed by atoms with van der Waals surface area (Å²) in [5, 5.41) is 9.46. The number of furan rings is 1. The van der Waals surface area contributed by atoms with Crippen molar-refractivity contribution >= 4 is 40.9 Å². The van der Waals surface area contributed by atoms with Crippen molar-refractivity contribution in [2.45, 2.75) is 18.6 Å². The van der Waals surface area contributed by atoms with Gasteiger partial charge in [0.1, 0.15) is 11.5 Å². The van der Waals surface area contributed by atoms with Gasteiger partial charge in [0.15, 0.2) is 5.82 Å². The van der Waals surface area contributed by atoms with Crippen LogP contribution in [0.1, 0.15) is 11.5 Å². The van der Waals surface area contributed by atoms with E-state index in [4.69, 9.17) is 33.5 Å². The summed E-state index contributed by atoms with van der Waals surface area (Å²) >= 11 is 13.3. The molecule has 0 radical (unpaired) electrons. The number of nitrogens with two attached hydrogens (primary N) is 1. The van der Waals surface area contributed by atoms with Crippen LogP contribution in [0.25, 0.3) is 11.4 Å². The van der Waals surface area contributed by atoms with Gasteiger partial charge in [-0.1, -0.05) is 35.0 Å². The Morgan fingerprint density at radius 1 is 1.30 bits per heavy atom. The van der Waals surface area contributed by atoms with Gasteiger partial charge in [0.05, 0.1) is 17.3 Å². The number of rotatable bonds is 6. The molecule has 3 rings (SSSR count). The van der Waals surface area contributed by atoms with Gasteiger partial charge in [0.2, 0.25) is 11.1 Å². The first-order valence-corrected chi connectivity index (χ1v) is 9.67. The fraction of sp³-hybridized carbons (Fsp3) is 0.235. The zero-order chi connectivity index (χ0) is 19.6. The third kappa shape index (κ3) is 4.58. The highest BCUT2D eigenvalue weighted by Crippen LogP contribution is 2.30. The van der Waals surface area contributed by atoms with E-state index < -0.39 is 0 Å². The lowest BCUT2D eigenvalue weighted by atomic mass is 10.2. The van der Waals surface area contributed by atoms with Crippen molar-refractivity contribution in [3.8, 4) is 11.4 Å². The minimum Gasteiger partial charge on any atom is -0.464 e. The Bertz CT molecular complexity index is 972. The lowest BCUT2D eigenvalue weighted by Crippen LogP contribution is -2.27. The Hall–Kier alpha value is -2.16. The molecule has 0 spiro atoms. The maximum absolute atomic E-state index is 12.3. The molecule has 10 heteroatoms. The number of hydrogen-bond acceptors (Lipinski definition) is 6. The van der Waals surface area contributed by atoms with Gasteiger partial charge in [0, 0.05) is 17.6 Å². The number of nitrogen functional groups attached to an aromatic ring is 1. The summed E-state index contributed by atoms with van der Waals surface area (Å²) in [6, 6.07) is 8.73. The summed E-state index contributed by atoms with van der Waals surface area (Å²) in [5.74, 6) is 8.09. The predicted molar refractivity (Wildman–Crippen MR) is 106 cm³/mol. The third-order valence-corrected chi connectivity index (χ3v) is 5.25. The maximum atomic E-state index is 12.3. The summed E-state index contributed by atoms with van der Waals surface area (Å²) in [4.78, 5) is 13.9. The van der Waals surface area contributed by atoms with Crippen LogP contribution in [0.3, 0.4) is 0 Å². The van der Waals surface area contributed by atoms with Crippen LogP contribution in [0.4, 0.5) is 0 Å². The van der Waals surface area contributed by atoms with Crippen LogP contribution < -0.4 is 5.84 Å². The Balaban J connectivity index is 1.64. The Morgan fingerprint density at radius 2 is 2.07 bits per heavy atom. The average molecular weight is 426 g/mol. The van der Waals surface area contributed by atoms with Crippen molar-refractivity contribution in [2.24, 2.45) is 0 Å². The minimum atomic E-state index is -0.0804. The fourth-order valence-corrected chi connectivity index (χ4v) is 3.65. The molecule has 2 heterocycles. The van der Waals surface area contributed by atoms with Gasteiger partial charge in [-0.05, 0) is 37.3 Å². The van der Waals surface area contributed by atoms with Crippen LogP contribution in [-0.4, -0.2) is 38.5 Å². The molecular formula is C17H17Cl2N5O2S. The van der Waals surface area contributed by atoms with E-state index in [-0.39, 0.29) is 11.7 Å². The molecule has 1 aromatic carbocycles. The number of amides is 1. The number of thioether (sulfide) groups is 1. The number of hydrogen-bond donors (Lipinski definition) is 1. The molecule has 0 fully saturated rings. The zero-order valence-electron chi connectivity index (χ0n) is 14.6. The second-order valence-electron chi connectivity index (χ2n) is 5.85. The molecule has 2 N–H and O–H groups in total. The van der Waals surface area contributed by atoms with Crippen molar-refractivity contribution in [2.75, 3.05) is 18.6 Å². The average Bonchev–Trinajstić information content (AvgIpc) is 3.18. The molecule has 0 aliphatic carbocycles. The van der Waals surface area contributed by atoms with E-state index in [1.54, 1.807) is 30.1 Å². The molecule has 2 aromatic heterocycles. The molecule has 0 atom stereocenters. The van der Waals surface area contributed by atoms with Gasteiger partial charge < -0.3 is 15.2 Å². The Morgan fingerprint density at radius 3 is 2.74 bits per heavy atom. The minimum absolute atomic E-state index is 0.0804. The molecule has 7 nitrogen and oxygen atoms in total. The van der Waals surface area contributed by atoms with Crippen molar-refractivity contribution < 1.29 is 9.21 Å². The summed E-state index contributed by atoms with van der Waals surface area (Å²) in [6.07, 6.45) is 0. The largest absolute Gasteiger partial charge is 0.464 e. The smallest absolute Gasteiger partial charge is 0.233 e. The SMILES string of the molecule is Cc1ccc(CN(C)C(=O)CSc2nnc(-c3ccc(Cl)cc3Cl)n2N)o1. The van der Waals surface area contributed by atoms with Gasteiger partial charge in [-0.25, -0.2) is 4.68 Å². The van der Waals surface area contributed by atoms with Crippen LogP contribution in [0.15, 0.2) is 39.9 Å². The molecule has 0 aliphatic rings. The molecular weight excluding hydrogens is 409 g/mol. The Labute approximate surface area is 170 Å². The first-order valence-electron chi connectivity index (χ1n) is 7.93. The van der Waals surface area contributed by atoms with Crippen LogP contribution in [0.2, 0.25) is 10.0 Å². The number of carbonyl (C=O) groups is 1. The maximum Gasteiger partial charge on any atom is 0.233 e. The predicted octanol–water partition coefficient (Wildman–Crippen LogP) is 3.62. The molecule has 0 saturated heterocycles. The second-order valence-corrected chi connectivity index (χ2v) is 7.64. The van der Waals surface area contributed by atoms with Gasteiger partial charge >= 0.3 is 0 Å². The van der Waals surface area contributed by atoms with Crippen LogP contribution in [-0.2, 0) is 11.3 Å². The fourth-order valence-electron chi connectivity index (χ4n) is 2.36. The number of aromatic nitrogens is 3. The lowest BCUT2D eigenvalue weighted by Gasteiger charge is -2.15. The highest BCUT2D eigenvalue weighted by Gasteiger charge is 2.18. The van der Waals surface area contributed by atoms with E-state index in [1.807, 2.05) is 19.1 Å². The van der Waals surface area contributed by atoms with Crippen LogP contribution >= 0.6 is 35.0 Å². The highest BCUT2D eigenvalue weighted by molar-refractivity contribution is 7.99. The number of carbonyl (C=O) groups excluding carboxylic acids is 1. The lowest BCUT2D eigenvalue weighted by molar-refractivity contribution is -0.127. The van der Waals surface area contributed by atoms with Gasteiger partial charge in [-0.2, -0.15) is 0 Å². The quantitative estimate of drug-likeness (QED) is 0.478. The van der Waals surface area contributed by atoms with E-state index in [1.165, 1.54) is 16.4 Å². The van der Waals surface area contributed by atoms with E-state index in [0.29, 0.717) is 33.1 Å². The van der Waals surface area contributed by atoms with Gasteiger partial charge in [-0.3, -0.25) is 4.79 Å². The second kappa shape index (κ2) is 8.24. The zero-order valence-corrected chi connectivity index (χ0v) is 17.0. The normalized spacial score (nSPS) is 11.0. The van der Waals surface area contributed by atoms with Crippen LogP contribution in [0.5, 0.6) is 0 Å². The number of halogens is 2. The van der Waals surface area contributed by atoms with Crippen molar-refractivity contribution in [1.29, 1.82) is 0 Å². The van der Waals surface area contributed by atoms with Crippen LogP contribution in [0, 0.1) is 6.92 Å². The number of nitrogens with zero attached hydrogens (tertiary/aromatic N) is 4. The topological polar surface area (TPSA) is 90.2 Å². The molecule has 1 amide bonds. The molecule has 0 aliphatic heterocycles. The van der Waals surface area contributed by atoms with E-state index in [9.17, 15) is 4.79 Å². The summed E-state index contributed by atoms with van der Waals surface area (Å²) < 4.78 is 6.80. The highest BCUT2D eigenvalue weighted by atomic mass is 35.5. The molecule has 0 unspecified atom stereocenters. The van der Waals surface area contributed by atoms with Crippen molar-refractivity contribution in [1.82, 2.24) is 19.8 Å². The van der Waals surface area contributed by atoms with E-state index >= 15 is 0 Å². The molecule has 142 valence electrons. The summed E-state index contributed by atoms with van der Waals surface area (Å²) in [5.41, 5.74) is 0.611. The Kier molecular flexibility index (Phi) is 5.98. The molecule has 0 saturated carbocycles. The summed E-state index contributed by atoms with van der Waals surface area (Å²) in [6.45, 7) is 2.26. The van der Waals surface area contributed by atoms with Crippen molar-refractivity contribution in [3.63, 3.8) is 0 Å².